The molecule has 1 unspecified atom stereocenters. The number of carbonyl (C=O) groups is 2. The number of urea groups is 1. The molecular formula is C22H20N6O6S. The molecule has 1 aliphatic rings. The van der Waals surface area contributed by atoms with Crippen LogP contribution in [-0.2, 0) is 14.9 Å². The van der Waals surface area contributed by atoms with Crippen LogP contribution in [0, 0.1) is 0 Å². The van der Waals surface area contributed by atoms with Crippen LogP contribution in [-0.4, -0.2) is 62.5 Å². The molecular weight excluding hydrogens is 476 g/mol. The number of fused-ring (bicyclic) bond motifs is 1. The van der Waals surface area contributed by atoms with Crippen LogP contribution in [0.15, 0.2) is 66.1 Å². The van der Waals surface area contributed by atoms with E-state index in [4.69, 9.17) is 4.18 Å². The smallest absolute Gasteiger partial charge is 0.339 e. The van der Waals surface area contributed by atoms with Crippen LogP contribution < -0.4 is 9.50 Å². The van der Waals surface area contributed by atoms with Crippen molar-refractivity contribution < 1.29 is 27.3 Å². The van der Waals surface area contributed by atoms with E-state index in [2.05, 4.69) is 20.3 Å². The van der Waals surface area contributed by atoms with Gasteiger partial charge in [0.1, 0.15) is 16.7 Å². The van der Waals surface area contributed by atoms with Gasteiger partial charge in [0.15, 0.2) is 0 Å². The van der Waals surface area contributed by atoms with E-state index in [1.807, 2.05) is 0 Å². The number of nitrogens with one attached hydrogen (secondary N) is 2. The van der Waals surface area contributed by atoms with Gasteiger partial charge in [-0.05, 0) is 49.2 Å². The van der Waals surface area contributed by atoms with Crippen LogP contribution in [0.1, 0.15) is 12.8 Å². The summed E-state index contributed by atoms with van der Waals surface area (Å²) in [6.07, 6.45) is 5.96. The van der Waals surface area contributed by atoms with Crippen LogP contribution in [0.3, 0.4) is 0 Å². The summed E-state index contributed by atoms with van der Waals surface area (Å²) in [5, 5.41) is 11.8. The molecule has 35 heavy (non-hydrogen) atoms. The number of nitrogens with zero attached hydrogens (tertiary/aromatic N) is 4. The van der Waals surface area contributed by atoms with Crippen LogP contribution in [0.25, 0.3) is 16.7 Å². The minimum Gasteiger partial charge on any atom is -0.480 e. The molecule has 1 atom stereocenters. The second-order valence-electron chi connectivity index (χ2n) is 7.89. The summed E-state index contributed by atoms with van der Waals surface area (Å²) in [5.74, 6) is -0.888. The Morgan fingerprint density at radius 2 is 1.97 bits per heavy atom. The number of anilines is 1. The number of rotatable bonds is 6. The van der Waals surface area contributed by atoms with Gasteiger partial charge in [0.2, 0.25) is 5.95 Å². The molecule has 1 aliphatic heterocycles. The molecule has 0 radical (unpaired) electrons. The molecule has 180 valence electrons. The van der Waals surface area contributed by atoms with Gasteiger partial charge in [0.05, 0.1) is 17.4 Å². The van der Waals surface area contributed by atoms with Gasteiger partial charge in [0.25, 0.3) is 0 Å². The van der Waals surface area contributed by atoms with Crippen molar-refractivity contribution in [2.75, 3.05) is 11.9 Å². The number of hydrogen-bond donors (Lipinski definition) is 3. The van der Waals surface area contributed by atoms with Gasteiger partial charge in [-0.3, -0.25) is 5.32 Å². The lowest BCUT2D eigenvalue weighted by atomic mass is 10.2. The normalized spacial score (nSPS) is 15.9. The third kappa shape index (κ3) is 4.53. The van der Waals surface area contributed by atoms with E-state index in [0.29, 0.717) is 30.4 Å². The van der Waals surface area contributed by atoms with E-state index in [0.717, 1.165) is 5.69 Å². The number of aromatic nitrogens is 4. The first-order valence-electron chi connectivity index (χ1n) is 10.6. The number of carboxylic acid groups (broad SMARTS) is 1. The summed E-state index contributed by atoms with van der Waals surface area (Å²) in [4.78, 5) is 36.1. The number of aromatic amines is 1. The highest BCUT2D eigenvalue weighted by Gasteiger charge is 2.34. The number of aliphatic carboxylic acids is 1. The molecule has 2 aromatic heterocycles. The molecule has 0 saturated carbocycles. The van der Waals surface area contributed by atoms with Crippen molar-refractivity contribution in [2.45, 2.75) is 23.8 Å². The molecule has 4 aromatic rings. The molecule has 3 heterocycles. The minimum absolute atomic E-state index is 0.0161. The number of hydrogen-bond acceptors (Lipinski definition) is 7. The van der Waals surface area contributed by atoms with Crippen molar-refractivity contribution in [3.63, 3.8) is 0 Å². The third-order valence-corrected chi connectivity index (χ3v) is 6.87. The molecule has 2 aromatic carbocycles. The Morgan fingerprint density at radius 1 is 1.17 bits per heavy atom. The number of H-pyrrole nitrogens is 1. The summed E-state index contributed by atoms with van der Waals surface area (Å²) in [5.41, 5.74) is 1.64. The topological polar surface area (TPSA) is 160 Å². The summed E-state index contributed by atoms with van der Waals surface area (Å²) in [6, 6.07) is 9.15. The second-order valence-corrected chi connectivity index (χ2v) is 9.43. The fraction of sp³-hybridized carbons (Fsp3) is 0.182. The average molecular weight is 497 g/mol. The second kappa shape index (κ2) is 8.76. The fourth-order valence-electron chi connectivity index (χ4n) is 3.91. The van der Waals surface area contributed by atoms with E-state index < -0.39 is 28.2 Å². The van der Waals surface area contributed by atoms with Crippen LogP contribution in [0.2, 0.25) is 0 Å². The molecule has 1 fully saturated rings. The zero-order chi connectivity index (χ0) is 24.6. The van der Waals surface area contributed by atoms with Gasteiger partial charge in [-0.2, -0.15) is 8.42 Å². The third-order valence-electron chi connectivity index (χ3n) is 5.61. The van der Waals surface area contributed by atoms with Gasteiger partial charge in [-0.1, -0.05) is 0 Å². The Morgan fingerprint density at radius 3 is 2.69 bits per heavy atom. The monoisotopic (exact) mass is 496 g/mol. The molecule has 5 rings (SSSR count). The van der Waals surface area contributed by atoms with Gasteiger partial charge in [-0.15, -0.1) is 0 Å². The first kappa shape index (κ1) is 22.4. The molecule has 2 amide bonds. The molecule has 0 aliphatic carbocycles. The summed E-state index contributed by atoms with van der Waals surface area (Å²) >= 11 is 0. The highest BCUT2D eigenvalue weighted by molar-refractivity contribution is 7.87. The quantitative estimate of drug-likeness (QED) is 0.344. The summed E-state index contributed by atoms with van der Waals surface area (Å²) in [6.45, 7) is 0.335. The lowest BCUT2D eigenvalue weighted by Gasteiger charge is -2.20. The minimum atomic E-state index is -4.10. The maximum absolute atomic E-state index is 12.7. The number of carboxylic acids is 1. The Hall–Kier alpha value is -4.39. The van der Waals surface area contributed by atoms with Crippen molar-refractivity contribution >= 4 is 39.1 Å². The molecule has 13 heteroatoms. The SMILES string of the molecule is O=C(O)C1CCCN1C(=O)Nc1nc2ccc(OS(=O)(=O)c3ccc(-n4ccnc4)cc3)cc2[nH]1. The largest absolute Gasteiger partial charge is 0.480 e. The first-order valence-corrected chi connectivity index (χ1v) is 12.0. The van der Waals surface area contributed by atoms with Crippen molar-refractivity contribution in [2.24, 2.45) is 0 Å². The van der Waals surface area contributed by atoms with Gasteiger partial charge >= 0.3 is 22.1 Å². The number of carbonyl (C=O) groups excluding carboxylic acids is 1. The van der Waals surface area contributed by atoms with E-state index >= 15 is 0 Å². The van der Waals surface area contributed by atoms with E-state index in [9.17, 15) is 23.1 Å². The number of benzene rings is 2. The van der Waals surface area contributed by atoms with Crippen molar-refractivity contribution in [1.82, 2.24) is 24.4 Å². The molecule has 0 bridgehead atoms. The first-order chi connectivity index (χ1) is 16.8. The standard InChI is InChI=1S/C22H20N6O6S/c29-20(30)19-2-1-10-28(19)22(31)26-21-24-17-8-5-15(12-18(17)25-21)34-35(32,33)16-6-3-14(4-7-16)27-11-9-23-13-27/h3-9,11-13,19H,1-2,10H2,(H,29,30)(H2,24,25,26,31). The summed E-state index contributed by atoms with van der Waals surface area (Å²) < 4.78 is 32.5. The van der Waals surface area contributed by atoms with Gasteiger partial charge in [-0.25, -0.2) is 19.6 Å². The Kier molecular flexibility index (Phi) is 5.61. The number of imidazole rings is 2. The van der Waals surface area contributed by atoms with E-state index in [1.54, 1.807) is 41.5 Å². The number of likely N-dealkylation sites (tertiary alicyclic amines) is 1. The fourth-order valence-corrected chi connectivity index (χ4v) is 4.83. The molecule has 3 N–H and O–H groups in total. The van der Waals surface area contributed by atoms with Crippen LogP contribution in [0.5, 0.6) is 5.75 Å². The van der Waals surface area contributed by atoms with Gasteiger partial charge < -0.3 is 23.7 Å². The zero-order valence-corrected chi connectivity index (χ0v) is 19.0. The highest BCUT2D eigenvalue weighted by Crippen LogP contribution is 2.25. The van der Waals surface area contributed by atoms with Crippen molar-refractivity contribution in [1.29, 1.82) is 0 Å². The maximum Gasteiger partial charge on any atom is 0.339 e. The Balaban J connectivity index is 1.31. The number of amides is 2. The van der Waals surface area contributed by atoms with E-state index in [-0.39, 0.29) is 16.6 Å². The molecule has 12 nitrogen and oxygen atoms in total. The summed E-state index contributed by atoms with van der Waals surface area (Å²) in [7, 11) is -4.10. The molecule has 1 saturated heterocycles. The van der Waals surface area contributed by atoms with Crippen LogP contribution >= 0.6 is 0 Å². The average Bonchev–Trinajstić information content (AvgIpc) is 3.58. The molecule has 0 spiro atoms. The lowest BCUT2D eigenvalue weighted by molar-refractivity contribution is -0.141. The Bertz CT molecular complexity index is 1500. The predicted molar refractivity (Wildman–Crippen MR) is 124 cm³/mol. The van der Waals surface area contributed by atoms with Crippen molar-refractivity contribution in [3.05, 3.63) is 61.2 Å². The Labute approximate surface area is 199 Å². The van der Waals surface area contributed by atoms with E-state index in [1.165, 1.54) is 29.2 Å². The van der Waals surface area contributed by atoms with Crippen LogP contribution in [0.4, 0.5) is 10.7 Å². The zero-order valence-electron chi connectivity index (χ0n) is 18.2. The predicted octanol–water partition coefficient (Wildman–Crippen LogP) is 2.60. The lowest BCUT2D eigenvalue weighted by Crippen LogP contribution is -2.42. The highest BCUT2D eigenvalue weighted by atomic mass is 32.2. The van der Waals surface area contributed by atoms with Gasteiger partial charge in [0, 0.05) is 30.7 Å². The van der Waals surface area contributed by atoms with Crippen molar-refractivity contribution in [3.8, 4) is 11.4 Å². The maximum atomic E-state index is 12.7.